The molecule has 116 valence electrons. The molecule has 0 aromatic rings. The van der Waals surface area contributed by atoms with Crippen LogP contribution in [0.1, 0.15) is 62.3 Å². The van der Waals surface area contributed by atoms with Gasteiger partial charge in [-0.25, -0.2) is 0 Å². The number of nitrogens with zero attached hydrogens (tertiary/aromatic N) is 1. The first-order chi connectivity index (χ1) is 8.82. The Bertz CT molecular complexity index is 396. The number of allylic oxidation sites excluding steroid dienone is 4. The van der Waals surface area contributed by atoms with E-state index in [1.807, 2.05) is 6.08 Å². The second-order valence-electron chi connectivity index (χ2n) is 8.01. The number of hydrogen-bond donors (Lipinski definition) is 0. The van der Waals surface area contributed by atoms with Crippen LogP contribution >= 0.6 is 0 Å². The van der Waals surface area contributed by atoms with E-state index in [1.165, 1.54) is 16.7 Å². The van der Waals surface area contributed by atoms with Crippen LogP contribution in [-0.2, 0) is 0 Å². The van der Waals surface area contributed by atoms with Gasteiger partial charge in [0.25, 0.3) is 0 Å². The van der Waals surface area contributed by atoms with Gasteiger partial charge in [-0.2, -0.15) is 0 Å². The van der Waals surface area contributed by atoms with Crippen LogP contribution < -0.4 is 0 Å². The normalized spacial score (nSPS) is 17.1. The van der Waals surface area contributed by atoms with Crippen molar-refractivity contribution in [2.45, 2.75) is 73.9 Å². The van der Waals surface area contributed by atoms with Crippen molar-refractivity contribution in [3.05, 3.63) is 35.5 Å². The molecule has 0 rings (SSSR count). The molecule has 1 unspecified atom stereocenters. The van der Waals surface area contributed by atoms with Gasteiger partial charge in [0.15, 0.2) is 0 Å². The van der Waals surface area contributed by atoms with Crippen molar-refractivity contribution in [2.75, 3.05) is 7.05 Å². The topological polar surface area (TPSA) is 3.24 Å². The van der Waals surface area contributed by atoms with Crippen LogP contribution in [0.2, 0.25) is 0 Å². The number of likely N-dealkylation sites (N-methyl/N-ethyl adjacent to an activating group) is 1. The fourth-order valence-electron chi connectivity index (χ4n) is 2.64. The Hall–Kier alpha value is -0.820. The minimum Gasteiger partial charge on any atom is -0.294 e. The first kappa shape index (κ1) is 19.2. The summed E-state index contributed by atoms with van der Waals surface area (Å²) >= 11 is 0. The van der Waals surface area contributed by atoms with Crippen molar-refractivity contribution in [3.63, 3.8) is 0 Å². The first-order valence-electron chi connectivity index (χ1n) is 7.53. The molecule has 0 aromatic heterocycles. The highest BCUT2D eigenvalue weighted by Gasteiger charge is 2.35. The average molecular weight is 277 g/mol. The highest BCUT2D eigenvalue weighted by Crippen LogP contribution is 2.34. The van der Waals surface area contributed by atoms with Crippen molar-refractivity contribution in [1.82, 2.24) is 4.90 Å². The Labute approximate surface area is 127 Å². The van der Waals surface area contributed by atoms with Gasteiger partial charge < -0.3 is 0 Å². The molecule has 20 heavy (non-hydrogen) atoms. The van der Waals surface area contributed by atoms with Gasteiger partial charge in [0.2, 0.25) is 0 Å². The van der Waals surface area contributed by atoms with Crippen molar-refractivity contribution in [3.8, 4) is 0 Å². The molecule has 0 amide bonds. The third-order valence-electron chi connectivity index (χ3n) is 4.06. The van der Waals surface area contributed by atoms with Gasteiger partial charge in [0.05, 0.1) is 0 Å². The zero-order valence-corrected chi connectivity index (χ0v) is 15.4. The van der Waals surface area contributed by atoms with E-state index in [2.05, 4.69) is 86.9 Å². The van der Waals surface area contributed by atoms with E-state index in [9.17, 15) is 0 Å². The molecule has 0 spiro atoms. The lowest BCUT2D eigenvalue weighted by atomic mass is 9.78. The quantitative estimate of drug-likeness (QED) is 0.605. The molecule has 0 aliphatic rings. The maximum Gasteiger partial charge on any atom is 0.0361 e. The summed E-state index contributed by atoms with van der Waals surface area (Å²) in [7, 11) is 2.23. The molecule has 0 bridgehead atoms. The zero-order valence-electron chi connectivity index (χ0n) is 15.4. The molecule has 0 fully saturated rings. The fourth-order valence-corrected chi connectivity index (χ4v) is 2.64. The van der Waals surface area contributed by atoms with Gasteiger partial charge in [-0.1, -0.05) is 56.2 Å². The lowest BCUT2D eigenvalue weighted by Crippen LogP contribution is -2.51. The Morgan fingerprint density at radius 2 is 1.45 bits per heavy atom. The molecule has 0 aromatic carbocycles. The highest BCUT2D eigenvalue weighted by molar-refractivity contribution is 5.33. The Balaban J connectivity index is 5.80. The van der Waals surface area contributed by atoms with Crippen LogP contribution in [-0.4, -0.2) is 23.5 Å². The highest BCUT2D eigenvalue weighted by atomic mass is 15.2. The summed E-state index contributed by atoms with van der Waals surface area (Å²) in [6, 6.07) is 0.413. The lowest BCUT2D eigenvalue weighted by molar-refractivity contribution is 0.0694. The fraction of sp³-hybridized carbons (Fsp3) is 0.684. The van der Waals surface area contributed by atoms with Crippen molar-refractivity contribution < 1.29 is 0 Å². The molecule has 0 heterocycles. The second-order valence-corrected chi connectivity index (χ2v) is 8.01. The van der Waals surface area contributed by atoms with Gasteiger partial charge in [-0.05, 0) is 54.0 Å². The van der Waals surface area contributed by atoms with Gasteiger partial charge in [-0.3, -0.25) is 4.90 Å². The monoisotopic (exact) mass is 277 g/mol. The molecule has 0 aliphatic carbocycles. The first-order valence-corrected chi connectivity index (χ1v) is 7.53. The molecule has 0 saturated carbocycles. The summed E-state index contributed by atoms with van der Waals surface area (Å²) in [6.07, 6.45) is 4.15. The summed E-state index contributed by atoms with van der Waals surface area (Å²) < 4.78 is 0. The Morgan fingerprint density at radius 3 is 1.75 bits per heavy atom. The third kappa shape index (κ3) is 5.28. The minimum absolute atomic E-state index is 0.149. The lowest BCUT2D eigenvalue weighted by Gasteiger charge is -2.46. The van der Waals surface area contributed by atoms with E-state index < -0.39 is 0 Å². The number of rotatable bonds is 4. The minimum atomic E-state index is 0.149. The SMILES string of the molecule is C=C/C(C)=C\C(C)=C(/C)C(N(C)C(C)(C)C)C(C)(C)C. The molecule has 0 N–H and O–H groups in total. The molecule has 1 heteroatoms. The molecular weight excluding hydrogens is 242 g/mol. The summed E-state index contributed by atoms with van der Waals surface area (Å²) in [5.41, 5.74) is 4.35. The van der Waals surface area contributed by atoms with Crippen LogP contribution in [0.4, 0.5) is 0 Å². The largest absolute Gasteiger partial charge is 0.294 e. The summed E-state index contributed by atoms with van der Waals surface area (Å²) in [4.78, 5) is 2.49. The molecule has 0 saturated heterocycles. The Morgan fingerprint density at radius 1 is 1.00 bits per heavy atom. The second kappa shape index (κ2) is 6.76. The maximum atomic E-state index is 3.84. The molecule has 1 nitrogen and oxygen atoms in total. The van der Waals surface area contributed by atoms with E-state index in [4.69, 9.17) is 0 Å². The van der Waals surface area contributed by atoms with Crippen LogP contribution in [0.25, 0.3) is 0 Å². The van der Waals surface area contributed by atoms with Crippen molar-refractivity contribution >= 4 is 0 Å². The van der Waals surface area contributed by atoms with E-state index in [-0.39, 0.29) is 11.0 Å². The van der Waals surface area contributed by atoms with Crippen LogP contribution in [0.5, 0.6) is 0 Å². The molecule has 0 radical (unpaired) electrons. The van der Waals surface area contributed by atoms with E-state index in [1.54, 1.807) is 0 Å². The summed E-state index contributed by atoms with van der Waals surface area (Å²) in [5, 5.41) is 0. The van der Waals surface area contributed by atoms with Crippen LogP contribution in [0, 0.1) is 5.41 Å². The predicted octanol–water partition coefficient (Wildman–Crippen LogP) is 5.60. The van der Waals surface area contributed by atoms with Gasteiger partial charge in [-0.15, -0.1) is 0 Å². The van der Waals surface area contributed by atoms with Crippen molar-refractivity contribution in [1.29, 1.82) is 0 Å². The van der Waals surface area contributed by atoms with Crippen LogP contribution in [0.3, 0.4) is 0 Å². The predicted molar refractivity (Wildman–Crippen MR) is 93.1 cm³/mol. The smallest absolute Gasteiger partial charge is 0.0361 e. The molecule has 0 aliphatic heterocycles. The zero-order chi connectivity index (χ0) is 16.3. The summed E-state index contributed by atoms with van der Waals surface area (Å²) in [6.45, 7) is 24.2. The van der Waals surface area contributed by atoms with Crippen molar-refractivity contribution in [2.24, 2.45) is 5.41 Å². The third-order valence-corrected chi connectivity index (χ3v) is 4.06. The number of hydrogen-bond acceptors (Lipinski definition) is 1. The van der Waals surface area contributed by atoms with Gasteiger partial charge in [0.1, 0.15) is 0 Å². The van der Waals surface area contributed by atoms with Crippen LogP contribution in [0.15, 0.2) is 35.5 Å². The van der Waals surface area contributed by atoms with E-state index in [0.717, 1.165) is 0 Å². The van der Waals surface area contributed by atoms with E-state index >= 15 is 0 Å². The average Bonchev–Trinajstić information content (AvgIpc) is 2.25. The van der Waals surface area contributed by atoms with Gasteiger partial charge in [0, 0.05) is 11.6 Å². The maximum absolute atomic E-state index is 3.84. The molecule has 1 atom stereocenters. The standard InChI is InChI=1S/C19H35N/c1-12-14(2)13-15(3)16(4)17(18(5,6)7)20(11)19(8,9)10/h12-13,17H,1H2,2-11H3/b14-13-,16-15+. The summed E-state index contributed by atoms with van der Waals surface area (Å²) in [5.74, 6) is 0. The Kier molecular flexibility index (Phi) is 6.48. The molecular formula is C19H35N. The van der Waals surface area contributed by atoms with Gasteiger partial charge >= 0.3 is 0 Å². The van der Waals surface area contributed by atoms with E-state index in [0.29, 0.717) is 6.04 Å².